The van der Waals surface area contributed by atoms with E-state index >= 15 is 0 Å². The van der Waals surface area contributed by atoms with E-state index in [4.69, 9.17) is 9.47 Å². The summed E-state index contributed by atoms with van der Waals surface area (Å²) in [6, 6.07) is 1.09. The molecule has 0 heterocycles. The summed E-state index contributed by atoms with van der Waals surface area (Å²) < 4.78 is 11.0. The van der Waals surface area contributed by atoms with Crippen LogP contribution in [0.2, 0.25) is 0 Å². The number of carbonyl (C=O) groups excluding carboxylic acids is 2. The van der Waals surface area contributed by atoms with Gasteiger partial charge < -0.3 is 14.8 Å². The third-order valence-corrected chi connectivity index (χ3v) is 11.4. The molecule has 0 aromatic rings. The molecule has 0 amide bonds. The van der Waals surface area contributed by atoms with Gasteiger partial charge in [-0.2, -0.15) is 0 Å². The van der Waals surface area contributed by atoms with E-state index in [0.29, 0.717) is 35.8 Å². The second kappa shape index (κ2) is 9.41. The van der Waals surface area contributed by atoms with Crippen LogP contribution >= 0.6 is 0 Å². The number of hydrogen-bond acceptors (Lipinski definition) is 5. The second-order valence-corrected chi connectivity index (χ2v) is 13.1. The zero-order valence-corrected chi connectivity index (χ0v) is 21.9. The normalized spacial score (nSPS) is 46.6. The van der Waals surface area contributed by atoms with Crippen molar-refractivity contribution in [3.8, 4) is 0 Å². The van der Waals surface area contributed by atoms with Crippen LogP contribution in [0.4, 0.5) is 0 Å². The standard InChI is InChI=1S/C29H47NO4/c1-18(31)34-21-14-15-28(2)19(16-21)10-11-22-23-12-13-24(27(32)33-4)29(23,3)17-25(26(22)28)30-20-8-6-5-7-9-20/h19-26,30H,5-17H2,1-4H3/t19?,21?,22-,23-,24?,25?,26-,28-,29-/m0/s1. The van der Waals surface area contributed by atoms with E-state index in [1.54, 1.807) is 14.0 Å². The zero-order valence-electron chi connectivity index (χ0n) is 21.9. The average molecular weight is 474 g/mol. The smallest absolute Gasteiger partial charge is 0.309 e. The fourth-order valence-corrected chi connectivity index (χ4v) is 10.0. The predicted octanol–water partition coefficient (Wildman–Crippen LogP) is 5.65. The highest BCUT2D eigenvalue weighted by atomic mass is 16.5. The highest BCUT2D eigenvalue weighted by Crippen LogP contribution is 2.67. The van der Waals surface area contributed by atoms with E-state index < -0.39 is 0 Å². The highest BCUT2D eigenvalue weighted by molar-refractivity contribution is 5.74. The summed E-state index contributed by atoms with van der Waals surface area (Å²) in [4.78, 5) is 24.5. The van der Waals surface area contributed by atoms with Gasteiger partial charge in [0, 0.05) is 19.0 Å². The van der Waals surface area contributed by atoms with Crippen molar-refractivity contribution in [1.82, 2.24) is 5.32 Å². The summed E-state index contributed by atoms with van der Waals surface area (Å²) in [5, 5.41) is 4.24. The van der Waals surface area contributed by atoms with Crippen molar-refractivity contribution < 1.29 is 19.1 Å². The molecule has 0 bridgehead atoms. The molecule has 5 rings (SSSR count). The quantitative estimate of drug-likeness (QED) is 0.535. The number of rotatable bonds is 4. The molecular weight excluding hydrogens is 426 g/mol. The first-order chi connectivity index (χ1) is 16.3. The number of nitrogens with one attached hydrogen (secondary N) is 1. The molecule has 34 heavy (non-hydrogen) atoms. The lowest BCUT2D eigenvalue weighted by Crippen LogP contribution is -2.63. The average Bonchev–Trinajstić information content (AvgIpc) is 3.15. The van der Waals surface area contributed by atoms with E-state index in [9.17, 15) is 9.59 Å². The Morgan fingerprint density at radius 3 is 2.38 bits per heavy atom. The van der Waals surface area contributed by atoms with Crippen LogP contribution in [-0.4, -0.2) is 37.2 Å². The molecule has 0 radical (unpaired) electrons. The monoisotopic (exact) mass is 473 g/mol. The van der Waals surface area contributed by atoms with Crippen LogP contribution in [0.3, 0.4) is 0 Å². The van der Waals surface area contributed by atoms with E-state index in [1.807, 2.05) is 0 Å². The van der Waals surface area contributed by atoms with Crippen molar-refractivity contribution in [2.45, 2.75) is 122 Å². The molecule has 5 aliphatic carbocycles. The van der Waals surface area contributed by atoms with Crippen molar-refractivity contribution >= 4 is 11.9 Å². The van der Waals surface area contributed by atoms with E-state index in [1.165, 1.54) is 51.4 Å². The first kappa shape index (κ1) is 24.6. The summed E-state index contributed by atoms with van der Waals surface area (Å²) in [6.07, 6.45) is 15.7. The molecule has 5 heteroatoms. The molecule has 0 spiro atoms. The fraction of sp³-hybridized carbons (Fsp3) is 0.931. The van der Waals surface area contributed by atoms with Gasteiger partial charge in [-0.1, -0.05) is 33.1 Å². The first-order valence-corrected chi connectivity index (χ1v) is 14.3. The van der Waals surface area contributed by atoms with E-state index in [0.717, 1.165) is 32.1 Å². The third-order valence-electron chi connectivity index (χ3n) is 11.4. The maximum atomic E-state index is 12.9. The first-order valence-electron chi connectivity index (χ1n) is 14.3. The van der Waals surface area contributed by atoms with Crippen molar-refractivity contribution in [3.05, 3.63) is 0 Å². The minimum atomic E-state index is -0.132. The van der Waals surface area contributed by atoms with Crippen LogP contribution < -0.4 is 5.32 Å². The summed E-state index contributed by atoms with van der Waals surface area (Å²) >= 11 is 0. The molecule has 1 N–H and O–H groups in total. The minimum Gasteiger partial charge on any atom is -0.469 e. The minimum absolute atomic E-state index is 0.0154. The summed E-state index contributed by atoms with van der Waals surface area (Å²) in [6.45, 7) is 6.54. The van der Waals surface area contributed by atoms with Gasteiger partial charge in [-0.15, -0.1) is 0 Å². The van der Waals surface area contributed by atoms with Gasteiger partial charge in [0.05, 0.1) is 13.0 Å². The molecule has 5 aliphatic rings. The number of esters is 2. The topological polar surface area (TPSA) is 64.6 Å². The largest absolute Gasteiger partial charge is 0.469 e. The lowest BCUT2D eigenvalue weighted by Gasteiger charge is -2.63. The van der Waals surface area contributed by atoms with Gasteiger partial charge in [0.25, 0.3) is 0 Å². The van der Waals surface area contributed by atoms with Gasteiger partial charge >= 0.3 is 11.9 Å². The lowest BCUT2D eigenvalue weighted by atomic mass is 9.43. The van der Waals surface area contributed by atoms with E-state index in [2.05, 4.69) is 19.2 Å². The zero-order chi connectivity index (χ0) is 24.1. The van der Waals surface area contributed by atoms with Crippen LogP contribution in [0.25, 0.3) is 0 Å². The summed E-state index contributed by atoms with van der Waals surface area (Å²) in [7, 11) is 1.57. The maximum Gasteiger partial charge on any atom is 0.309 e. The molecule has 0 aromatic heterocycles. The van der Waals surface area contributed by atoms with Crippen molar-refractivity contribution in [2.75, 3.05) is 7.11 Å². The third kappa shape index (κ3) is 4.12. The molecule has 5 nitrogen and oxygen atoms in total. The van der Waals surface area contributed by atoms with Gasteiger partial charge in [0.15, 0.2) is 0 Å². The number of ether oxygens (including phenoxy) is 2. The Balaban J connectivity index is 1.45. The lowest BCUT2D eigenvalue weighted by molar-refractivity contribution is -0.170. The van der Waals surface area contributed by atoms with Crippen LogP contribution in [0.5, 0.6) is 0 Å². The predicted molar refractivity (Wildman–Crippen MR) is 132 cm³/mol. The summed E-state index contributed by atoms with van der Waals surface area (Å²) in [5.74, 6) is 2.51. The SMILES string of the molecule is COC(=O)C1CC[C@H]2[C@@H]3CCC4CC(OC(C)=O)CC[C@]4(C)[C@@H]3C(NC3CCCCC3)C[C@]12C. The fourth-order valence-electron chi connectivity index (χ4n) is 10.0. The Hall–Kier alpha value is -1.10. The van der Waals surface area contributed by atoms with E-state index in [-0.39, 0.29) is 34.8 Å². The van der Waals surface area contributed by atoms with Crippen molar-refractivity contribution in [3.63, 3.8) is 0 Å². The van der Waals surface area contributed by atoms with Crippen LogP contribution in [0.1, 0.15) is 104 Å². The summed E-state index contributed by atoms with van der Waals surface area (Å²) in [5.41, 5.74) is 0.329. The molecular formula is C29H47NO4. The maximum absolute atomic E-state index is 12.9. The van der Waals surface area contributed by atoms with Crippen LogP contribution in [0, 0.1) is 40.4 Å². The molecule has 5 fully saturated rings. The van der Waals surface area contributed by atoms with Crippen molar-refractivity contribution in [2.24, 2.45) is 40.4 Å². The number of methoxy groups -OCH3 is 1. The second-order valence-electron chi connectivity index (χ2n) is 13.1. The highest BCUT2D eigenvalue weighted by Gasteiger charge is 2.64. The molecule has 0 aromatic carbocycles. The van der Waals surface area contributed by atoms with Gasteiger partial charge in [-0.05, 0) is 98.7 Å². The number of fused-ring (bicyclic) bond motifs is 5. The molecule has 0 saturated heterocycles. The Morgan fingerprint density at radius 1 is 0.912 bits per heavy atom. The molecule has 4 unspecified atom stereocenters. The Morgan fingerprint density at radius 2 is 1.68 bits per heavy atom. The number of hydrogen-bond donors (Lipinski definition) is 1. The van der Waals surface area contributed by atoms with Gasteiger partial charge in [-0.25, -0.2) is 0 Å². The molecule has 9 atom stereocenters. The molecule has 5 saturated carbocycles. The molecule has 0 aliphatic heterocycles. The van der Waals surface area contributed by atoms with Gasteiger partial charge in [0.1, 0.15) is 6.10 Å². The van der Waals surface area contributed by atoms with Gasteiger partial charge in [-0.3, -0.25) is 9.59 Å². The number of carbonyl (C=O) groups is 2. The van der Waals surface area contributed by atoms with Gasteiger partial charge in [0.2, 0.25) is 0 Å². The van der Waals surface area contributed by atoms with Crippen LogP contribution in [0.15, 0.2) is 0 Å². The Labute approximate surface area is 206 Å². The molecule has 192 valence electrons. The Bertz CT molecular complexity index is 778. The van der Waals surface area contributed by atoms with Crippen LogP contribution in [-0.2, 0) is 19.1 Å². The Kier molecular flexibility index (Phi) is 6.80. The van der Waals surface area contributed by atoms with Crippen molar-refractivity contribution in [1.29, 1.82) is 0 Å².